The number of hydrogen-bond acceptors (Lipinski definition) is 3. The molecule has 0 aliphatic carbocycles. The molecule has 1 N–H and O–H groups in total. The molecule has 0 saturated carbocycles. The summed E-state index contributed by atoms with van der Waals surface area (Å²) < 4.78 is 33.0. The first-order valence-corrected chi connectivity index (χ1v) is 8.04. The van der Waals surface area contributed by atoms with Crippen molar-refractivity contribution in [2.24, 2.45) is 0 Å². The Morgan fingerprint density at radius 3 is 1.58 bits per heavy atom. The van der Waals surface area contributed by atoms with Crippen LogP contribution in [0.4, 0.5) is 0 Å². The van der Waals surface area contributed by atoms with E-state index in [1.54, 1.807) is 0 Å². The molecule has 0 aromatic heterocycles. The average Bonchev–Trinajstić information content (AvgIpc) is 2.24. The van der Waals surface area contributed by atoms with Crippen molar-refractivity contribution >= 4 is 40.0 Å². The van der Waals surface area contributed by atoms with Crippen molar-refractivity contribution in [3.63, 3.8) is 0 Å². The Balaban J connectivity index is -0.00000128. The molecule has 0 unspecified atom stereocenters. The van der Waals surface area contributed by atoms with Gasteiger partial charge in [0.1, 0.15) is 0 Å². The number of hydrogen-bond donors (Lipinski definition) is 1. The molecule has 0 atom stereocenters. The predicted octanol–water partition coefficient (Wildman–Crippen LogP) is 3.08. The zero-order valence-electron chi connectivity index (χ0n) is 11.2. The second-order valence-electron chi connectivity index (χ2n) is 4.43. The van der Waals surface area contributed by atoms with Crippen molar-refractivity contribution in [3.05, 3.63) is 0 Å². The molecule has 0 spiro atoms. The topological polar surface area (TPSA) is 63.6 Å². The summed E-state index contributed by atoms with van der Waals surface area (Å²) in [4.78, 5) is 0. The van der Waals surface area contributed by atoms with Gasteiger partial charge in [-0.15, -0.1) is 0 Å². The second kappa shape index (κ2) is 17.4. The van der Waals surface area contributed by atoms with E-state index in [0.29, 0.717) is 6.42 Å². The van der Waals surface area contributed by atoms with Gasteiger partial charge in [0.2, 0.25) is 0 Å². The van der Waals surface area contributed by atoms with E-state index in [-0.39, 0.29) is 53.2 Å². The molecule has 0 saturated heterocycles. The monoisotopic (exact) mass is 353 g/mol. The van der Waals surface area contributed by atoms with Crippen LogP contribution in [0.25, 0.3) is 0 Å². The first kappa shape index (κ1) is 25.3. The molecule has 0 aromatic carbocycles. The molecule has 0 bridgehead atoms. The molecule has 7 heteroatoms. The van der Waals surface area contributed by atoms with E-state index >= 15 is 0 Å². The summed E-state index contributed by atoms with van der Waals surface area (Å²) in [5.41, 5.74) is 0. The van der Waals surface area contributed by atoms with Gasteiger partial charge in [-0.05, 0) is 6.42 Å². The normalized spacial score (nSPS) is 10.6. The molecule has 117 valence electrons. The summed E-state index contributed by atoms with van der Waals surface area (Å²) >= 11 is 0. The fourth-order valence-electron chi connectivity index (χ4n) is 1.75. The van der Waals surface area contributed by atoms with Crippen LogP contribution in [0.1, 0.15) is 71.1 Å². The van der Waals surface area contributed by atoms with Gasteiger partial charge in [0.15, 0.2) is 0 Å². The summed E-state index contributed by atoms with van der Waals surface area (Å²) in [6.07, 6.45) is 11.9. The first-order valence-electron chi connectivity index (χ1n) is 6.68. The van der Waals surface area contributed by atoms with E-state index in [2.05, 4.69) is 11.1 Å². The maximum atomic E-state index is 10.2. The van der Waals surface area contributed by atoms with Gasteiger partial charge in [0, 0.05) is 17.1 Å². The van der Waals surface area contributed by atoms with Crippen LogP contribution in [0.15, 0.2) is 0 Å². The second-order valence-corrected chi connectivity index (χ2v) is 5.52. The molecule has 0 rings (SSSR count). The fraction of sp³-hybridized carbons (Fsp3) is 1.00. The minimum absolute atomic E-state index is 0. The van der Waals surface area contributed by atoms with Crippen LogP contribution < -0.4 is 0 Å². The molecule has 0 amide bonds. The Labute approximate surface area is 151 Å². The predicted molar refractivity (Wildman–Crippen MR) is 76.5 cm³/mol. The molecule has 0 aromatic rings. The summed E-state index contributed by atoms with van der Waals surface area (Å²) in [5, 5.41) is 0. The van der Waals surface area contributed by atoms with E-state index < -0.39 is 10.4 Å². The minimum atomic E-state index is -4.23. The third kappa shape index (κ3) is 24.8. The molecule has 0 aliphatic rings. The first-order chi connectivity index (χ1) is 8.06. The van der Waals surface area contributed by atoms with E-state index in [9.17, 15) is 8.42 Å². The van der Waals surface area contributed by atoms with Crippen molar-refractivity contribution in [2.45, 2.75) is 71.1 Å². The van der Waals surface area contributed by atoms with E-state index in [4.69, 9.17) is 4.55 Å². The summed E-state index contributed by atoms with van der Waals surface area (Å²) in [6.45, 7) is 2.31. The van der Waals surface area contributed by atoms with Crippen LogP contribution in [-0.2, 0) is 31.7 Å². The average molecular weight is 354 g/mol. The van der Waals surface area contributed by atoms with Crippen molar-refractivity contribution in [1.82, 2.24) is 0 Å². The van der Waals surface area contributed by atoms with Crippen molar-refractivity contribution < 1.29 is 34.2 Å². The Hall–Kier alpha value is 1.39. The quantitative estimate of drug-likeness (QED) is 0.332. The Morgan fingerprint density at radius 1 is 0.842 bits per heavy atom. The van der Waals surface area contributed by atoms with Crippen molar-refractivity contribution in [1.29, 1.82) is 0 Å². The number of unbranched alkanes of at least 4 members (excludes halogenated alkanes) is 9. The van der Waals surface area contributed by atoms with Gasteiger partial charge < -0.3 is 0 Å². The zero-order chi connectivity index (χ0) is 13.0. The van der Waals surface area contributed by atoms with Crippen LogP contribution in [-0.4, -0.2) is 49.1 Å². The van der Waals surface area contributed by atoms with Gasteiger partial charge in [-0.1, -0.05) is 64.7 Å². The number of rotatable bonds is 12. The summed E-state index contributed by atoms with van der Waals surface area (Å²) in [7, 11) is -4.23. The third-order valence-corrected chi connectivity index (χ3v) is 3.19. The molecule has 0 aliphatic heterocycles. The maximum absolute atomic E-state index is 10.2. The third-order valence-electron chi connectivity index (χ3n) is 2.73. The summed E-state index contributed by atoms with van der Waals surface area (Å²) in [5.74, 6) is 0. The van der Waals surface area contributed by atoms with Crippen LogP contribution >= 0.6 is 0 Å². The van der Waals surface area contributed by atoms with Gasteiger partial charge in [-0.3, -0.25) is 4.55 Å². The van der Waals surface area contributed by atoms with Crippen LogP contribution in [0, 0.1) is 0 Å². The molecule has 4 nitrogen and oxygen atoms in total. The molecule has 19 heavy (non-hydrogen) atoms. The standard InChI is InChI=1S/C12H26O4S.Cu.Na.H/c1-2-3-4-5-6-7-8-9-10-11-12-16-17(13,14)15;;;/h2-12H2,1H3,(H,13,14,15);;;. The van der Waals surface area contributed by atoms with Gasteiger partial charge in [0.25, 0.3) is 0 Å². The van der Waals surface area contributed by atoms with Gasteiger partial charge in [-0.25, -0.2) is 4.18 Å². The Morgan fingerprint density at radius 2 is 1.21 bits per heavy atom. The Bertz CT molecular complexity index is 260. The SMILES string of the molecule is CCCCCCCCCCCCOS(=O)(=O)O.[Cu].[NaH]. The van der Waals surface area contributed by atoms with Crippen LogP contribution in [0.3, 0.4) is 0 Å². The molecule has 1 radical (unpaired) electrons. The summed E-state index contributed by atoms with van der Waals surface area (Å²) in [6, 6.07) is 0. The van der Waals surface area contributed by atoms with E-state index in [0.717, 1.165) is 12.8 Å². The molecule has 0 heterocycles. The molecule has 0 fully saturated rings. The molecular formula is C12H27CuNaO4S. The van der Waals surface area contributed by atoms with E-state index in [1.807, 2.05) is 0 Å². The van der Waals surface area contributed by atoms with Gasteiger partial charge >= 0.3 is 40.0 Å². The van der Waals surface area contributed by atoms with Crippen molar-refractivity contribution in [2.75, 3.05) is 6.61 Å². The van der Waals surface area contributed by atoms with Gasteiger partial charge in [0.05, 0.1) is 6.61 Å². The van der Waals surface area contributed by atoms with Gasteiger partial charge in [-0.2, -0.15) is 8.42 Å². The zero-order valence-corrected chi connectivity index (χ0v) is 12.9. The van der Waals surface area contributed by atoms with Crippen LogP contribution in [0.2, 0.25) is 0 Å². The van der Waals surface area contributed by atoms with Crippen LogP contribution in [0.5, 0.6) is 0 Å². The van der Waals surface area contributed by atoms with E-state index in [1.165, 1.54) is 44.9 Å². The van der Waals surface area contributed by atoms with Crippen molar-refractivity contribution in [3.8, 4) is 0 Å². The molecular weight excluding hydrogens is 327 g/mol. The fourth-order valence-corrected chi connectivity index (χ4v) is 2.08. The Kier molecular flexibility index (Phi) is 23.3.